The third kappa shape index (κ3) is 3.27. The Balaban J connectivity index is 2.70. The van der Waals surface area contributed by atoms with Gasteiger partial charge < -0.3 is 5.32 Å². The molecule has 4 nitrogen and oxygen atoms in total. The quantitative estimate of drug-likeness (QED) is 0.885. The summed E-state index contributed by atoms with van der Waals surface area (Å²) >= 11 is 1.44. The molecule has 0 saturated heterocycles. The molecule has 0 radical (unpaired) electrons. The standard InChI is InChI=1S/C11H19N3OS/c1-6-7(2)8(15)12-10-14-13-9(16-10)11(3,4)5/h7H,6H2,1-5H3,(H,12,14,15)/t7-/m0/s1. The Bertz CT molecular complexity index is 368. The lowest BCUT2D eigenvalue weighted by Gasteiger charge is -2.12. The average Bonchev–Trinajstić information content (AvgIpc) is 2.64. The zero-order valence-corrected chi connectivity index (χ0v) is 11.3. The van der Waals surface area contributed by atoms with E-state index in [0.29, 0.717) is 5.13 Å². The fourth-order valence-corrected chi connectivity index (χ4v) is 1.80. The van der Waals surface area contributed by atoms with Gasteiger partial charge in [-0.15, -0.1) is 10.2 Å². The second-order valence-electron chi connectivity index (χ2n) is 4.96. The molecule has 0 aliphatic rings. The molecule has 16 heavy (non-hydrogen) atoms. The van der Waals surface area contributed by atoms with E-state index < -0.39 is 0 Å². The number of anilines is 1. The van der Waals surface area contributed by atoms with Crippen LogP contribution in [0.3, 0.4) is 0 Å². The molecule has 0 bridgehead atoms. The minimum Gasteiger partial charge on any atom is -0.300 e. The Labute approximate surface area is 100 Å². The summed E-state index contributed by atoms with van der Waals surface area (Å²) in [4.78, 5) is 11.6. The normalized spacial score (nSPS) is 13.6. The Kier molecular flexibility index (Phi) is 4.02. The molecule has 1 rings (SSSR count). The van der Waals surface area contributed by atoms with Crippen LogP contribution in [0, 0.1) is 5.92 Å². The fourth-order valence-electron chi connectivity index (χ4n) is 0.991. The summed E-state index contributed by atoms with van der Waals surface area (Å²) in [6, 6.07) is 0. The van der Waals surface area contributed by atoms with Gasteiger partial charge in [-0.05, 0) is 6.42 Å². The maximum atomic E-state index is 11.6. The first-order valence-corrected chi connectivity index (χ1v) is 6.31. The van der Waals surface area contributed by atoms with Crippen LogP contribution in [0.15, 0.2) is 0 Å². The SMILES string of the molecule is CC[C@H](C)C(=O)Nc1nnc(C(C)(C)C)s1. The maximum absolute atomic E-state index is 11.6. The first-order chi connectivity index (χ1) is 7.34. The molecule has 0 fully saturated rings. The molecule has 0 spiro atoms. The molecule has 1 heterocycles. The van der Waals surface area contributed by atoms with Gasteiger partial charge >= 0.3 is 0 Å². The molecular formula is C11H19N3OS. The number of amides is 1. The van der Waals surface area contributed by atoms with Crippen LogP contribution in [0.1, 0.15) is 46.0 Å². The molecule has 1 aromatic heterocycles. The van der Waals surface area contributed by atoms with Crippen molar-refractivity contribution in [3.8, 4) is 0 Å². The summed E-state index contributed by atoms with van der Waals surface area (Å²) in [6.07, 6.45) is 0.830. The zero-order valence-electron chi connectivity index (χ0n) is 10.5. The molecule has 5 heteroatoms. The lowest BCUT2D eigenvalue weighted by atomic mass is 9.98. The van der Waals surface area contributed by atoms with E-state index in [2.05, 4.69) is 36.3 Å². The number of hydrogen-bond acceptors (Lipinski definition) is 4. The van der Waals surface area contributed by atoms with E-state index >= 15 is 0 Å². The van der Waals surface area contributed by atoms with Gasteiger partial charge in [0, 0.05) is 11.3 Å². The molecule has 0 aromatic carbocycles. The smallest absolute Gasteiger partial charge is 0.229 e. The molecule has 90 valence electrons. The van der Waals surface area contributed by atoms with E-state index in [0.717, 1.165) is 11.4 Å². The molecule has 0 aliphatic carbocycles. The van der Waals surface area contributed by atoms with Crippen molar-refractivity contribution in [2.75, 3.05) is 5.32 Å². The van der Waals surface area contributed by atoms with Crippen molar-refractivity contribution in [1.29, 1.82) is 0 Å². The average molecular weight is 241 g/mol. The van der Waals surface area contributed by atoms with Gasteiger partial charge in [0.15, 0.2) is 0 Å². The molecule has 1 amide bonds. The van der Waals surface area contributed by atoms with E-state index in [4.69, 9.17) is 0 Å². The van der Waals surface area contributed by atoms with Gasteiger partial charge in [-0.25, -0.2) is 0 Å². The van der Waals surface area contributed by atoms with E-state index in [1.807, 2.05) is 13.8 Å². The second kappa shape index (κ2) is 4.91. The minimum atomic E-state index is -0.0168. The predicted octanol–water partition coefficient (Wildman–Crippen LogP) is 2.82. The molecule has 0 aliphatic heterocycles. The topological polar surface area (TPSA) is 54.9 Å². The van der Waals surface area contributed by atoms with Gasteiger partial charge in [-0.2, -0.15) is 0 Å². The summed E-state index contributed by atoms with van der Waals surface area (Å²) in [5.41, 5.74) is -0.0168. The predicted molar refractivity (Wildman–Crippen MR) is 66.7 cm³/mol. The van der Waals surface area contributed by atoms with Gasteiger partial charge in [0.1, 0.15) is 5.01 Å². The van der Waals surface area contributed by atoms with Gasteiger partial charge in [0.25, 0.3) is 0 Å². The van der Waals surface area contributed by atoms with Gasteiger partial charge in [-0.1, -0.05) is 46.0 Å². The van der Waals surface area contributed by atoms with E-state index in [1.54, 1.807) is 0 Å². The number of aromatic nitrogens is 2. The van der Waals surface area contributed by atoms with Crippen molar-refractivity contribution in [3.05, 3.63) is 5.01 Å². The Morgan fingerprint density at radius 1 is 1.44 bits per heavy atom. The first kappa shape index (κ1) is 13.1. The summed E-state index contributed by atoms with van der Waals surface area (Å²) in [5.74, 6) is 0.0288. The molecule has 0 saturated carbocycles. The highest BCUT2D eigenvalue weighted by molar-refractivity contribution is 7.15. The Morgan fingerprint density at radius 3 is 2.50 bits per heavy atom. The first-order valence-electron chi connectivity index (χ1n) is 5.49. The van der Waals surface area contributed by atoms with Gasteiger partial charge in [0.05, 0.1) is 0 Å². The van der Waals surface area contributed by atoms with Crippen LogP contribution in [0.2, 0.25) is 0 Å². The van der Waals surface area contributed by atoms with Crippen molar-refractivity contribution in [3.63, 3.8) is 0 Å². The maximum Gasteiger partial charge on any atom is 0.229 e. The highest BCUT2D eigenvalue weighted by Gasteiger charge is 2.20. The summed E-state index contributed by atoms with van der Waals surface area (Å²) in [7, 11) is 0. The summed E-state index contributed by atoms with van der Waals surface area (Å²) < 4.78 is 0. The summed E-state index contributed by atoms with van der Waals surface area (Å²) in [6.45, 7) is 10.1. The van der Waals surface area contributed by atoms with Crippen molar-refractivity contribution in [2.24, 2.45) is 5.92 Å². The van der Waals surface area contributed by atoms with E-state index in [-0.39, 0.29) is 17.2 Å². The van der Waals surface area contributed by atoms with Crippen molar-refractivity contribution in [2.45, 2.75) is 46.5 Å². The zero-order chi connectivity index (χ0) is 12.3. The number of hydrogen-bond donors (Lipinski definition) is 1. The van der Waals surface area contributed by atoms with Crippen molar-refractivity contribution >= 4 is 22.4 Å². The van der Waals surface area contributed by atoms with E-state index in [9.17, 15) is 4.79 Å². The van der Waals surface area contributed by atoms with Crippen LogP contribution < -0.4 is 5.32 Å². The number of nitrogens with zero attached hydrogens (tertiary/aromatic N) is 2. The number of carbonyl (C=O) groups is 1. The van der Waals surface area contributed by atoms with Crippen LogP contribution in [0.4, 0.5) is 5.13 Å². The fraction of sp³-hybridized carbons (Fsp3) is 0.727. The lowest BCUT2D eigenvalue weighted by Crippen LogP contribution is -2.19. The van der Waals surface area contributed by atoms with E-state index in [1.165, 1.54) is 11.3 Å². The summed E-state index contributed by atoms with van der Waals surface area (Å²) in [5, 5.41) is 12.4. The number of nitrogens with one attached hydrogen (secondary N) is 1. The number of carbonyl (C=O) groups excluding carboxylic acids is 1. The Hall–Kier alpha value is -0.970. The van der Waals surface area contributed by atoms with Gasteiger partial charge in [0.2, 0.25) is 11.0 Å². The molecule has 0 unspecified atom stereocenters. The van der Waals surface area contributed by atoms with Crippen LogP contribution in [-0.2, 0) is 10.2 Å². The second-order valence-corrected chi connectivity index (χ2v) is 5.94. The number of rotatable bonds is 3. The Morgan fingerprint density at radius 2 is 2.06 bits per heavy atom. The van der Waals surface area contributed by atoms with Crippen LogP contribution >= 0.6 is 11.3 Å². The highest BCUT2D eigenvalue weighted by atomic mass is 32.1. The molecule has 1 N–H and O–H groups in total. The third-order valence-electron chi connectivity index (χ3n) is 2.36. The molecular weight excluding hydrogens is 222 g/mol. The lowest BCUT2D eigenvalue weighted by molar-refractivity contribution is -0.119. The minimum absolute atomic E-state index is 0.0131. The van der Waals surface area contributed by atoms with Crippen molar-refractivity contribution in [1.82, 2.24) is 10.2 Å². The van der Waals surface area contributed by atoms with Crippen molar-refractivity contribution < 1.29 is 4.79 Å². The largest absolute Gasteiger partial charge is 0.300 e. The van der Waals surface area contributed by atoms with Crippen LogP contribution in [0.25, 0.3) is 0 Å². The molecule has 1 aromatic rings. The van der Waals surface area contributed by atoms with Crippen LogP contribution in [0.5, 0.6) is 0 Å². The van der Waals surface area contributed by atoms with Gasteiger partial charge in [-0.3, -0.25) is 4.79 Å². The highest BCUT2D eigenvalue weighted by Crippen LogP contribution is 2.27. The monoisotopic (exact) mass is 241 g/mol. The van der Waals surface area contributed by atoms with Crippen LogP contribution in [-0.4, -0.2) is 16.1 Å². The molecule has 1 atom stereocenters. The third-order valence-corrected chi connectivity index (χ3v) is 3.62.